The number of carbonyl (C=O) groups excluding carboxylic acids is 2. The molecule has 1 unspecified atom stereocenters. The van der Waals surface area contributed by atoms with E-state index in [0.717, 1.165) is 17.8 Å². The van der Waals surface area contributed by atoms with E-state index < -0.39 is 0 Å². The van der Waals surface area contributed by atoms with Crippen molar-refractivity contribution in [2.75, 3.05) is 6.54 Å². The Hall–Kier alpha value is -1.78. The number of carbonyl (C=O) groups is 2. The largest absolute Gasteiger partial charge is 0.362 e. The third-order valence-electron chi connectivity index (χ3n) is 3.26. The smallest absolute Gasteiger partial charge is 0.242 e. The molecule has 1 saturated heterocycles. The highest BCUT2D eigenvalue weighted by Crippen LogP contribution is 2.10. The average molecular weight is 249 g/mol. The van der Waals surface area contributed by atoms with Crippen LogP contribution in [0.25, 0.3) is 0 Å². The Balaban J connectivity index is 1.77. The molecule has 0 saturated carbocycles. The molecule has 0 aromatic carbocycles. The van der Waals surface area contributed by atoms with Gasteiger partial charge in [-0.15, -0.1) is 0 Å². The first-order chi connectivity index (χ1) is 8.56. The van der Waals surface area contributed by atoms with Gasteiger partial charge < -0.3 is 15.6 Å². The third-order valence-corrected chi connectivity index (χ3v) is 3.26. The predicted octanol–water partition coefficient (Wildman–Crippen LogP) is 0.569. The van der Waals surface area contributed by atoms with E-state index in [2.05, 4.69) is 21.7 Å². The Morgan fingerprint density at radius 3 is 2.83 bits per heavy atom. The summed E-state index contributed by atoms with van der Waals surface area (Å²) >= 11 is 0. The molecule has 0 bridgehead atoms. The van der Waals surface area contributed by atoms with Crippen molar-refractivity contribution >= 4 is 11.8 Å². The van der Waals surface area contributed by atoms with Gasteiger partial charge in [0, 0.05) is 24.4 Å². The van der Waals surface area contributed by atoms with Gasteiger partial charge in [0.05, 0.1) is 0 Å². The maximum absolute atomic E-state index is 11.7. The summed E-state index contributed by atoms with van der Waals surface area (Å²) in [5.41, 5.74) is 3.51. The summed E-state index contributed by atoms with van der Waals surface area (Å²) in [6, 6.07) is 1.75. The van der Waals surface area contributed by atoms with E-state index in [-0.39, 0.29) is 17.9 Å². The van der Waals surface area contributed by atoms with E-state index in [1.807, 2.05) is 13.8 Å². The summed E-state index contributed by atoms with van der Waals surface area (Å²) in [7, 11) is 0. The normalized spacial score (nSPS) is 18.8. The molecule has 3 N–H and O–H groups in total. The van der Waals surface area contributed by atoms with Gasteiger partial charge in [-0.05, 0) is 38.3 Å². The van der Waals surface area contributed by atoms with Crippen LogP contribution in [0.15, 0.2) is 6.07 Å². The van der Waals surface area contributed by atoms with Gasteiger partial charge in [-0.1, -0.05) is 0 Å². The Morgan fingerprint density at radius 1 is 1.50 bits per heavy atom. The molecule has 1 atom stereocenters. The predicted molar refractivity (Wildman–Crippen MR) is 68.1 cm³/mol. The van der Waals surface area contributed by atoms with Crippen LogP contribution in [-0.4, -0.2) is 29.4 Å². The fourth-order valence-electron chi connectivity index (χ4n) is 2.30. The lowest BCUT2D eigenvalue weighted by Crippen LogP contribution is -2.42. The summed E-state index contributed by atoms with van der Waals surface area (Å²) in [4.78, 5) is 26.0. The molecule has 1 aliphatic heterocycles. The fourth-order valence-corrected chi connectivity index (χ4v) is 2.30. The van der Waals surface area contributed by atoms with Crippen molar-refractivity contribution in [1.29, 1.82) is 0 Å². The minimum Gasteiger partial charge on any atom is -0.362 e. The molecule has 1 aliphatic rings. The molecule has 5 nitrogen and oxygen atoms in total. The minimum absolute atomic E-state index is 0.0350. The van der Waals surface area contributed by atoms with Crippen molar-refractivity contribution in [2.45, 2.75) is 39.2 Å². The van der Waals surface area contributed by atoms with E-state index in [1.54, 1.807) is 0 Å². The van der Waals surface area contributed by atoms with E-state index in [1.165, 1.54) is 5.56 Å². The molecule has 0 radical (unpaired) electrons. The molecule has 2 amide bonds. The molecule has 2 heterocycles. The average Bonchev–Trinajstić information content (AvgIpc) is 2.86. The van der Waals surface area contributed by atoms with Gasteiger partial charge in [0.1, 0.15) is 6.04 Å². The zero-order valence-corrected chi connectivity index (χ0v) is 10.8. The molecule has 18 heavy (non-hydrogen) atoms. The molecular weight excluding hydrogens is 230 g/mol. The number of nitrogens with one attached hydrogen (secondary N) is 3. The van der Waals surface area contributed by atoms with Crippen LogP contribution in [0.1, 0.15) is 29.8 Å². The zero-order valence-electron chi connectivity index (χ0n) is 10.8. The van der Waals surface area contributed by atoms with Crippen LogP contribution in [0, 0.1) is 13.8 Å². The summed E-state index contributed by atoms with van der Waals surface area (Å²) in [6.45, 7) is 4.65. The second kappa shape index (κ2) is 5.25. The van der Waals surface area contributed by atoms with E-state index in [0.29, 0.717) is 19.4 Å². The number of hydrogen-bond donors (Lipinski definition) is 3. The van der Waals surface area contributed by atoms with Crippen molar-refractivity contribution in [2.24, 2.45) is 0 Å². The maximum Gasteiger partial charge on any atom is 0.242 e. The second-order valence-electron chi connectivity index (χ2n) is 4.80. The molecule has 2 rings (SSSR count). The molecule has 98 valence electrons. The number of aromatic amines is 1. The van der Waals surface area contributed by atoms with E-state index in [4.69, 9.17) is 0 Å². The molecule has 1 aromatic heterocycles. The Kier molecular flexibility index (Phi) is 3.69. The van der Waals surface area contributed by atoms with Gasteiger partial charge in [0.25, 0.3) is 0 Å². The van der Waals surface area contributed by atoms with Crippen molar-refractivity contribution in [3.8, 4) is 0 Å². The number of hydrogen-bond acceptors (Lipinski definition) is 2. The monoisotopic (exact) mass is 249 g/mol. The van der Waals surface area contributed by atoms with Gasteiger partial charge in [-0.3, -0.25) is 9.59 Å². The summed E-state index contributed by atoms with van der Waals surface area (Å²) in [5, 5.41) is 5.52. The Labute approximate surface area is 106 Å². The highest BCUT2D eigenvalue weighted by molar-refractivity contribution is 5.90. The first kappa shape index (κ1) is 12.7. The molecule has 0 aliphatic carbocycles. The fraction of sp³-hybridized carbons (Fsp3) is 0.538. The van der Waals surface area contributed by atoms with Crippen molar-refractivity contribution in [1.82, 2.24) is 15.6 Å². The Bertz CT molecular complexity index is 465. The summed E-state index contributed by atoms with van der Waals surface area (Å²) in [5.74, 6) is -0.113. The maximum atomic E-state index is 11.7. The quantitative estimate of drug-likeness (QED) is 0.730. The summed E-state index contributed by atoms with van der Waals surface area (Å²) in [6.07, 6.45) is 1.86. The van der Waals surface area contributed by atoms with Crippen LogP contribution in [0.3, 0.4) is 0 Å². The molecule has 1 aromatic rings. The van der Waals surface area contributed by atoms with Crippen molar-refractivity contribution in [3.63, 3.8) is 0 Å². The number of aromatic nitrogens is 1. The minimum atomic E-state index is -0.341. The standard InChI is InChI=1S/C13H19N3O2/c1-8-7-10(9(2)15-8)5-6-14-13(18)11-3-4-12(17)16-11/h7,11,15H,3-6H2,1-2H3,(H,14,18)(H,16,17). The zero-order chi connectivity index (χ0) is 13.1. The lowest BCUT2D eigenvalue weighted by molar-refractivity contribution is -0.125. The van der Waals surface area contributed by atoms with Crippen LogP contribution in [-0.2, 0) is 16.0 Å². The van der Waals surface area contributed by atoms with Crippen LogP contribution in [0.2, 0.25) is 0 Å². The highest BCUT2D eigenvalue weighted by Gasteiger charge is 2.26. The van der Waals surface area contributed by atoms with Crippen LogP contribution < -0.4 is 10.6 Å². The van der Waals surface area contributed by atoms with Gasteiger partial charge in [0.15, 0.2) is 0 Å². The number of aryl methyl sites for hydroxylation is 2. The van der Waals surface area contributed by atoms with Crippen molar-refractivity contribution in [3.05, 3.63) is 23.0 Å². The van der Waals surface area contributed by atoms with Gasteiger partial charge in [0.2, 0.25) is 11.8 Å². The topological polar surface area (TPSA) is 74.0 Å². The van der Waals surface area contributed by atoms with Gasteiger partial charge in [-0.2, -0.15) is 0 Å². The third kappa shape index (κ3) is 2.91. The highest BCUT2D eigenvalue weighted by atomic mass is 16.2. The molecular formula is C13H19N3O2. The van der Waals surface area contributed by atoms with E-state index in [9.17, 15) is 9.59 Å². The van der Waals surface area contributed by atoms with Gasteiger partial charge >= 0.3 is 0 Å². The summed E-state index contributed by atoms with van der Waals surface area (Å²) < 4.78 is 0. The first-order valence-corrected chi connectivity index (χ1v) is 6.28. The van der Waals surface area contributed by atoms with Gasteiger partial charge in [-0.25, -0.2) is 0 Å². The Morgan fingerprint density at radius 2 is 2.28 bits per heavy atom. The molecule has 0 spiro atoms. The van der Waals surface area contributed by atoms with E-state index >= 15 is 0 Å². The van der Waals surface area contributed by atoms with Crippen LogP contribution >= 0.6 is 0 Å². The SMILES string of the molecule is Cc1cc(CCNC(=O)C2CCC(=O)N2)c(C)[nH]1. The number of amides is 2. The van der Waals surface area contributed by atoms with Crippen LogP contribution in [0.4, 0.5) is 0 Å². The lowest BCUT2D eigenvalue weighted by Gasteiger charge is -2.10. The van der Waals surface area contributed by atoms with Crippen LogP contribution in [0.5, 0.6) is 0 Å². The number of H-pyrrole nitrogens is 1. The molecule has 5 heteroatoms. The second-order valence-corrected chi connectivity index (χ2v) is 4.80. The first-order valence-electron chi connectivity index (χ1n) is 6.28. The number of rotatable bonds is 4. The van der Waals surface area contributed by atoms with Crippen molar-refractivity contribution < 1.29 is 9.59 Å². The lowest BCUT2D eigenvalue weighted by atomic mass is 10.1. The molecule has 1 fully saturated rings.